The monoisotopic (exact) mass is 410 g/mol. The van der Waals surface area contributed by atoms with Crippen molar-refractivity contribution in [2.75, 3.05) is 6.61 Å². The molecule has 1 aromatic carbocycles. The predicted molar refractivity (Wildman–Crippen MR) is 117 cm³/mol. The van der Waals surface area contributed by atoms with Crippen LogP contribution in [0.5, 0.6) is 0 Å². The second kappa shape index (κ2) is 8.08. The second-order valence-electron chi connectivity index (χ2n) is 8.48. The van der Waals surface area contributed by atoms with Gasteiger partial charge in [-0.05, 0) is 33.9 Å². The summed E-state index contributed by atoms with van der Waals surface area (Å²) in [5.41, 5.74) is 5.33. The average Bonchev–Trinajstić information content (AvgIpc) is 2.99. The quantitative estimate of drug-likeness (QED) is 0.610. The maximum atomic E-state index is 10.2. The van der Waals surface area contributed by atoms with Crippen LogP contribution in [0.1, 0.15) is 49.5 Å². The van der Waals surface area contributed by atoms with Crippen molar-refractivity contribution in [3.63, 3.8) is 0 Å². The van der Waals surface area contributed by atoms with Crippen LogP contribution in [0.4, 0.5) is 0 Å². The van der Waals surface area contributed by atoms with Crippen LogP contribution in [-0.4, -0.2) is 29.0 Å². The van der Waals surface area contributed by atoms with Gasteiger partial charge in [-0.3, -0.25) is 0 Å². The Morgan fingerprint density at radius 1 is 1.00 bits per heavy atom. The summed E-state index contributed by atoms with van der Waals surface area (Å²) in [6, 6.07) is 20.8. The largest absolute Gasteiger partial charge is 0.394 e. The maximum Gasteiger partial charge on any atom is 0.0854 e. The molecule has 0 bridgehead atoms. The van der Waals surface area contributed by atoms with Gasteiger partial charge in [-0.2, -0.15) is 0 Å². The smallest absolute Gasteiger partial charge is 0.0854 e. The summed E-state index contributed by atoms with van der Waals surface area (Å²) >= 11 is 6.64. The van der Waals surface area contributed by atoms with Crippen molar-refractivity contribution in [1.29, 1.82) is 0 Å². The molecule has 2 N–H and O–H groups in total. The second-order valence-corrected chi connectivity index (χ2v) is 8.89. The van der Waals surface area contributed by atoms with E-state index < -0.39 is 6.10 Å². The molecule has 2 aliphatic carbocycles. The minimum Gasteiger partial charge on any atom is -0.394 e. The molecule has 3 nitrogen and oxygen atoms in total. The molecule has 3 aliphatic rings. The molecule has 3 atom stereocenters. The highest BCUT2D eigenvalue weighted by molar-refractivity contribution is 6.31. The number of benzene rings is 1. The van der Waals surface area contributed by atoms with Gasteiger partial charge in [0.25, 0.3) is 0 Å². The number of aliphatic hydroxyl groups is 2. The van der Waals surface area contributed by atoms with Crippen molar-refractivity contribution >= 4 is 11.6 Å². The van der Waals surface area contributed by atoms with E-state index >= 15 is 0 Å². The molecule has 29 heavy (non-hydrogen) atoms. The summed E-state index contributed by atoms with van der Waals surface area (Å²) in [6.07, 6.45) is -0.0673. The van der Waals surface area contributed by atoms with Crippen LogP contribution < -0.4 is 0 Å². The lowest BCUT2D eigenvalue weighted by Crippen LogP contribution is -2.33. The Bertz CT molecular complexity index is 937. The summed E-state index contributed by atoms with van der Waals surface area (Å²) < 4.78 is 6.01. The van der Waals surface area contributed by atoms with Crippen LogP contribution in [-0.2, 0) is 10.2 Å². The van der Waals surface area contributed by atoms with Gasteiger partial charge in [-0.25, -0.2) is 0 Å². The number of rotatable bonds is 4. The Kier molecular flexibility index (Phi) is 5.67. The molecule has 152 valence electrons. The molecule has 3 unspecified atom stereocenters. The lowest BCUT2D eigenvalue weighted by Gasteiger charge is -2.34. The summed E-state index contributed by atoms with van der Waals surface area (Å²) in [6.45, 7) is 4.27. The fraction of sp³-hybridized carbons (Fsp3) is 0.360. The molecule has 0 aromatic heterocycles. The topological polar surface area (TPSA) is 49.7 Å². The molecular formula is C25H27ClO3. The van der Waals surface area contributed by atoms with Crippen LogP contribution in [0.2, 0.25) is 5.02 Å². The van der Waals surface area contributed by atoms with E-state index in [4.69, 9.17) is 16.3 Å². The molecule has 1 aliphatic heterocycles. The molecule has 0 saturated carbocycles. The van der Waals surface area contributed by atoms with Crippen LogP contribution in [0, 0.1) is 0 Å². The van der Waals surface area contributed by atoms with Crippen LogP contribution >= 0.6 is 11.6 Å². The Morgan fingerprint density at radius 3 is 2.34 bits per heavy atom. The van der Waals surface area contributed by atoms with E-state index in [0.29, 0.717) is 17.9 Å². The lowest BCUT2D eigenvalue weighted by molar-refractivity contribution is -0.113. The van der Waals surface area contributed by atoms with Gasteiger partial charge in [0.1, 0.15) is 0 Å². The first-order valence-corrected chi connectivity index (χ1v) is 10.5. The summed E-state index contributed by atoms with van der Waals surface area (Å²) in [5, 5.41) is 20.4. The summed E-state index contributed by atoms with van der Waals surface area (Å²) in [7, 11) is 0. The summed E-state index contributed by atoms with van der Waals surface area (Å²) in [5.74, 6) is 0. The van der Waals surface area contributed by atoms with Crippen LogP contribution in [0.3, 0.4) is 0 Å². The van der Waals surface area contributed by atoms with Crippen molar-refractivity contribution in [2.24, 2.45) is 0 Å². The van der Waals surface area contributed by atoms with Crippen LogP contribution in [0.25, 0.3) is 11.1 Å². The average molecular weight is 411 g/mol. The predicted octanol–water partition coefficient (Wildman–Crippen LogP) is 5.34. The molecular weight excluding hydrogens is 384 g/mol. The Labute approximate surface area is 177 Å². The van der Waals surface area contributed by atoms with E-state index in [1.807, 2.05) is 18.2 Å². The summed E-state index contributed by atoms with van der Waals surface area (Å²) in [4.78, 5) is 0. The highest BCUT2D eigenvalue weighted by Gasteiger charge is 2.32. The van der Waals surface area contributed by atoms with Crippen molar-refractivity contribution in [2.45, 2.75) is 50.4 Å². The van der Waals surface area contributed by atoms with Gasteiger partial charge in [0.15, 0.2) is 0 Å². The minimum absolute atomic E-state index is 0.0863. The third-order valence-electron chi connectivity index (χ3n) is 6.07. The van der Waals surface area contributed by atoms with Gasteiger partial charge >= 0.3 is 0 Å². The van der Waals surface area contributed by atoms with E-state index in [0.717, 1.165) is 11.1 Å². The molecule has 0 amide bonds. The standard InChI is InChI=1S/C25H27ClO3/c1-25(2,19-10-16-6-4-3-5-7-17(16)11-19)22-12-18(8-9-23(22)26)24-14-20(28)13-21(15-27)29-24/h3-12,20-21,24,27-28H,13-15H2,1-2H3. The zero-order valence-corrected chi connectivity index (χ0v) is 17.6. The molecule has 4 rings (SSSR count). The third kappa shape index (κ3) is 4.06. The third-order valence-corrected chi connectivity index (χ3v) is 6.40. The van der Waals surface area contributed by atoms with Gasteiger partial charge in [-0.15, -0.1) is 0 Å². The van der Waals surface area contributed by atoms with Gasteiger partial charge in [0, 0.05) is 23.3 Å². The fourth-order valence-electron chi connectivity index (χ4n) is 4.28. The normalized spacial score (nSPS) is 22.7. The first-order chi connectivity index (χ1) is 13.9. The molecule has 1 heterocycles. The van der Waals surface area contributed by atoms with Gasteiger partial charge in [0.05, 0.1) is 24.9 Å². The van der Waals surface area contributed by atoms with Crippen LogP contribution in [0.15, 0.2) is 60.7 Å². The molecule has 0 radical (unpaired) electrons. The van der Waals surface area contributed by atoms with E-state index in [2.05, 4.69) is 56.3 Å². The Morgan fingerprint density at radius 2 is 1.69 bits per heavy atom. The molecule has 1 saturated heterocycles. The number of hydrogen-bond donors (Lipinski definition) is 2. The SMILES string of the molecule is CC(C)(c1cc2cccccc-2c1)c1cc(C2CC(O)CC(CO)O2)ccc1Cl. The van der Waals surface area contributed by atoms with Crippen molar-refractivity contribution in [1.82, 2.24) is 0 Å². The zero-order valence-electron chi connectivity index (χ0n) is 16.8. The van der Waals surface area contributed by atoms with Crippen molar-refractivity contribution in [3.05, 3.63) is 82.4 Å². The first kappa shape index (κ1) is 20.4. The minimum atomic E-state index is -0.473. The Balaban J connectivity index is 1.72. The number of halogens is 1. The number of fused-ring (bicyclic) bond motifs is 1. The lowest BCUT2D eigenvalue weighted by atomic mass is 9.78. The van der Waals surface area contributed by atoms with E-state index in [1.165, 1.54) is 16.7 Å². The number of ether oxygens (including phenoxy) is 1. The van der Waals surface area contributed by atoms with Gasteiger partial charge in [-0.1, -0.05) is 80.0 Å². The number of hydrogen-bond acceptors (Lipinski definition) is 3. The molecule has 0 spiro atoms. The number of aliphatic hydroxyl groups excluding tert-OH is 2. The fourth-order valence-corrected chi connectivity index (χ4v) is 4.63. The van der Waals surface area contributed by atoms with E-state index in [9.17, 15) is 10.2 Å². The van der Waals surface area contributed by atoms with E-state index in [1.54, 1.807) is 0 Å². The zero-order chi connectivity index (χ0) is 20.6. The van der Waals surface area contributed by atoms with Crippen molar-refractivity contribution in [3.8, 4) is 11.1 Å². The highest BCUT2D eigenvalue weighted by atomic mass is 35.5. The van der Waals surface area contributed by atoms with Gasteiger partial charge < -0.3 is 14.9 Å². The van der Waals surface area contributed by atoms with E-state index in [-0.39, 0.29) is 24.2 Å². The molecule has 1 fully saturated rings. The van der Waals surface area contributed by atoms with Gasteiger partial charge in [0.2, 0.25) is 0 Å². The molecule has 4 heteroatoms. The Hall–Kier alpha value is -1.91. The first-order valence-electron chi connectivity index (χ1n) is 10.1. The highest BCUT2D eigenvalue weighted by Crippen LogP contribution is 2.42. The van der Waals surface area contributed by atoms with Crippen molar-refractivity contribution < 1.29 is 14.9 Å². The maximum absolute atomic E-state index is 10.2. The molecule has 1 aromatic rings.